The number of amides is 1. The summed E-state index contributed by atoms with van der Waals surface area (Å²) in [5, 5.41) is 3.38. The Balaban J connectivity index is 2.08. The molecule has 0 saturated carbocycles. The number of ether oxygens (including phenoxy) is 1. The number of anilines is 2. The lowest BCUT2D eigenvalue weighted by atomic mass is 9.97. The quantitative estimate of drug-likeness (QED) is 0.893. The first-order chi connectivity index (χ1) is 8.46. The molecule has 1 fully saturated rings. The summed E-state index contributed by atoms with van der Waals surface area (Å²) >= 11 is 0. The minimum atomic E-state index is -0.261. The second kappa shape index (κ2) is 4.88. The number of rotatable bonds is 3. The van der Waals surface area contributed by atoms with Crippen LogP contribution < -0.4 is 10.2 Å². The third-order valence-electron chi connectivity index (χ3n) is 2.74. The molecule has 1 N–H and O–H groups in total. The summed E-state index contributed by atoms with van der Waals surface area (Å²) in [5.74, 6) is 0. The Labute approximate surface area is 108 Å². The van der Waals surface area contributed by atoms with E-state index in [-0.39, 0.29) is 11.5 Å². The largest absolute Gasteiger partial charge is 0.447 e. The lowest BCUT2D eigenvalue weighted by Crippen LogP contribution is -2.23. The summed E-state index contributed by atoms with van der Waals surface area (Å²) in [6.45, 7) is 8.53. The number of hydrogen-bond acceptors (Lipinski definition) is 3. The van der Waals surface area contributed by atoms with Crippen LogP contribution in [0.2, 0.25) is 0 Å². The molecule has 2 rings (SSSR count). The molecule has 1 amide bonds. The molecule has 0 radical (unpaired) electrons. The maximum Gasteiger partial charge on any atom is 0.414 e. The van der Waals surface area contributed by atoms with E-state index in [9.17, 15) is 4.79 Å². The number of carbonyl (C=O) groups is 1. The van der Waals surface area contributed by atoms with Crippen LogP contribution in [0.1, 0.15) is 20.8 Å². The van der Waals surface area contributed by atoms with E-state index in [0.717, 1.165) is 17.9 Å². The van der Waals surface area contributed by atoms with Crippen molar-refractivity contribution in [2.24, 2.45) is 5.41 Å². The van der Waals surface area contributed by atoms with Gasteiger partial charge in [-0.15, -0.1) is 0 Å². The van der Waals surface area contributed by atoms with Crippen LogP contribution in [0, 0.1) is 5.41 Å². The highest BCUT2D eigenvalue weighted by Crippen LogP contribution is 2.23. The van der Waals surface area contributed by atoms with Gasteiger partial charge in [0.25, 0.3) is 0 Å². The van der Waals surface area contributed by atoms with Crippen LogP contribution in [0.25, 0.3) is 0 Å². The first-order valence-corrected chi connectivity index (χ1v) is 6.24. The Hall–Kier alpha value is -1.71. The van der Waals surface area contributed by atoms with Crippen molar-refractivity contribution < 1.29 is 9.53 Å². The molecule has 1 saturated heterocycles. The Bertz CT molecular complexity index is 438. The fourth-order valence-electron chi connectivity index (χ4n) is 1.78. The summed E-state index contributed by atoms with van der Waals surface area (Å²) in [7, 11) is 0. The molecule has 18 heavy (non-hydrogen) atoms. The molecule has 1 aliphatic rings. The van der Waals surface area contributed by atoms with Crippen molar-refractivity contribution in [3.05, 3.63) is 24.3 Å². The third kappa shape index (κ3) is 3.15. The van der Waals surface area contributed by atoms with E-state index in [4.69, 9.17) is 4.74 Å². The lowest BCUT2D eigenvalue weighted by Gasteiger charge is -2.20. The average Bonchev–Trinajstić information content (AvgIpc) is 2.72. The second-order valence-electron chi connectivity index (χ2n) is 5.73. The number of cyclic esters (lactones) is 1. The number of benzene rings is 1. The van der Waals surface area contributed by atoms with Gasteiger partial charge < -0.3 is 10.1 Å². The van der Waals surface area contributed by atoms with E-state index >= 15 is 0 Å². The van der Waals surface area contributed by atoms with Crippen molar-refractivity contribution >= 4 is 17.5 Å². The van der Waals surface area contributed by atoms with Gasteiger partial charge in [-0.05, 0) is 23.6 Å². The molecule has 0 aromatic heterocycles. The molecular weight excluding hydrogens is 228 g/mol. The molecule has 0 aliphatic carbocycles. The predicted molar refractivity (Wildman–Crippen MR) is 73.1 cm³/mol. The van der Waals surface area contributed by atoms with Gasteiger partial charge in [-0.3, -0.25) is 4.90 Å². The van der Waals surface area contributed by atoms with Gasteiger partial charge in [0, 0.05) is 17.9 Å². The summed E-state index contributed by atoms with van der Waals surface area (Å²) in [6, 6.07) is 7.87. The zero-order valence-corrected chi connectivity index (χ0v) is 11.2. The van der Waals surface area contributed by atoms with Gasteiger partial charge in [0.05, 0.1) is 6.54 Å². The van der Waals surface area contributed by atoms with Crippen molar-refractivity contribution in [2.75, 3.05) is 29.9 Å². The lowest BCUT2D eigenvalue weighted by molar-refractivity contribution is 0.181. The molecule has 4 nitrogen and oxygen atoms in total. The molecule has 0 spiro atoms. The Kier molecular flexibility index (Phi) is 3.45. The SMILES string of the molecule is CC(C)(C)CNc1cccc(N2CCOC2=O)c1. The molecule has 0 atom stereocenters. The summed E-state index contributed by atoms with van der Waals surface area (Å²) in [4.78, 5) is 13.1. The number of nitrogens with one attached hydrogen (secondary N) is 1. The number of carbonyl (C=O) groups excluding carboxylic acids is 1. The van der Waals surface area contributed by atoms with Crippen molar-refractivity contribution in [3.8, 4) is 0 Å². The second-order valence-corrected chi connectivity index (χ2v) is 5.73. The average molecular weight is 248 g/mol. The number of hydrogen-bond donors (Lipinski definition) is 1. The van der Waals surface area contributed by atoms with Crippen LogP contribution >= 0.6 is 0 Å². The zero-order valence-electron chi connectivity index (χ0n) is 11.2. The predicted octanol–water partition coefficient (Wildman–Crippen LogP) is 3.10. The highest BCUT2D eigenvalue weighted by molar-refractivity contribution is 5.89. The van der Waals surface area contributed by atoms with Crippen LogP contribution in [0.3, 0.4) is 0 Å². The molecule has 0 bridgehead atoms. The van der Waals surface area contributed by atoms with Gasteiger partial charge in [0.15, 0.2) is 0 Å². The van der Waals surface area contributed by atoms with Crippen LogP contribution in [0.4, 0.5) is 16.2 Å². The van der Waals surface area contributed by atoms with Gasteiger partial charge in [-0.25, -0.2) is 4.79 Å². The Morgan fingerprint density at radius 1 is 1.39 bits per heavy atom. The van der Waals surface area contributed by atoms with E-state index in [1.54, 1.807) is 4.90 Å². The highest BCUT2D eigenvalue weighted by atomic mass is 16.6. The molecule has 98 valence electrons. The van der Waals surface area contributed by atoms with Gasteiger partial charge in [0.1, 0.15) is 6.61 Å². The summed E-state index contributed by atoms with van der Waals surface area (Å²) < 4.78 is 4.94. The van der Waals surface area contributed by atoms with Gasteiger partial charge in [-0.1, -0.05) is 26.8 Å². The topological polar surface area (TPSA) is 41.6 Å². The van der Waals surface area contributed by atoms with Gasteiger partial charge in [0.2, 0.25) is 0 Å². The van der Waals surface area contributed by atoms with Crippen LogP contribution in [-0.2, 0) is 4.74 Å². The summed E-state index contributed by atoms with van der Waals surface area (Å²) in [6.07, 6.45) is -0.261. The van der Waals surface area contributed by atoms with Crippen LogP contribution in [0.15, 0.2) is 24.3 Å². The fourth-order valence-corrected chi connectivity index (χ4v) is 1.78. The monoisotopic (exact) mass is 248 g/mol. The van der Waals surface area contributed by atoms with Crippen molar-refractivity contribution in [1.29, 1.82) is 0 Å². The molecular formula is C14H20N2O2. The highest BCUT2D eigenvalue weighted by Gasteiger charge is 2.23. The summed E-state index contributed by atoms with van der Waals surface area (Å²) in [5.41, 5.74) is 2.14. The zero-order chi connectivity index (χ0) is 13.2. The fraction of sp³-hybridized carbons (Fsp3) is 0.500. The minimum Gasteiger partial charge on any atom is -0.447 e. The molecule has 0 unspecified atom stereocenters. The maximum atomic E-state index is 11.5. The van der Waals surface area contributed by atoms with E-state index in [2.05, 4.69) is 26.1 Å². The Morgan fingerprint density at radius 3 is 2.78 bits per heavy atom. The van der Waals surface area contributed by atoms with Crippen molar-refractivity contribution in [2.45, 2.75) is 20.8 Å². The normalized spacial score (nSPS) is 15.7. The first-order valence-electron chi connectivity index (χ1n) is 6.24. The number of nitrogens with zero attached hydrogens (tertiary/aromatic N) is 1. The van der Waals surface area contributed by atoms with E-state index < -0.39 is 0 Å². The molecule has 4 heteroatoms. The van der Waals surface area contributed by atoms with E-state index in [1.165, 1.54) is 0 Å². The van der Waals surface area contributed by atoms with Gasteiger partial charge in [-0.2, -0.15) is 0 Å². The Morgan fingerprint density at radius 2 is 2.17 bits per heavy atom. The third-order valence-corrected chi connectivity index (χ3v) is 2.74. The van der Waals surface area contributed by atoms with E-state index in [0.29, 0.717) is 13.2 Å². The smallest absolute Gasteiger partial charge is 0.414 e. The van der Waals surface area contributed by atoms with Crippen molar-refractivity contribution in [1.82, 2.24) is 0 Å². The molecule has 1 aliphatic heterocycles. The first kappa shape index (κ1) is 12.7. The molecule has 1 heterocycles. The van der Waals surface area contributed by atoms with E-state index in [1.807, 2.05) is 24.3 Å². The van der Waals surface area contributed by atoms with Crippen LogP contribution in [-0.4, -0.2) is 25.8 Å². The molecule has 1 aromatic carbocycles. The molecule has 1 aromatic rings. The van der Waals surface area contributed by atoms with Crippen LogP contribution in [0.5, 0.6) is 0 Å². The standard InChI is InChI=1S/C14H20N2O2/c1-14(2,3)10-15-11-5-4-6-12(9-11)16-7-8-18-13(16)17/h4-6,9,15H,7-8,10H2,1-3H3. The van der Waals surface area contributed by atoms with Gasteiger partial charge >= 0.3 is 6.09 Å². The maximum absolute atomic E-state index is 11.5. The minimum absolute atomic E-state index is 0.225. The van der Waals surface area contributed by atoms with Crippen molar-refractivity contribution in [3.63, 3.8) is 0 Å².